The van der Waals surface area contributed by atoms with Crippen LogP contribution in [-0.4, -0.2) is 46.7 Å². The van der Waals surface area contributed by atoms with Crippen LogP contribution >= 0.6 is 13.4 Å². The van der Waals surface area contributed by atoms with Gasteiger partial charge in [-0.05, 0) is 23.6 Å². The van der Waals surface area contributed by atoms with Crippen molar-refractivity contribution in [3.63, 3.8) is 0 Å². The second kappa shape index (κ2) is 7.04. The minimum Gasteiger partial charge on any atom is -0.325 e. The lowest BCUT2D eigenvalue weighted by atomic mass is 15.8. The first-order chi connectivity index (χ1) is 4.00. The first-order valence-electron chi connectivity index (χ1n) is 1.57. The van der Waals surface area contributed by atoms with E-state index in [1.165, 1.54) is 0 Å². The van der Waals surface area contributed by atoms with Crippen LogP contribution in [0, 0.1) is 0 Å². The Morgan fingerprint density at radius 2 is 0.636 bits per heavy atom. The van der Waals surface area contributed by atoms with E-state index in [2.05, 4.69) is 23.6 Å². The Hall–Kier alpha value is 1.59. The van der Waals surface area contributed by atoms with Gasteiger partial charge in [0.25, 0.3) is 0 Å². The van der Waals surface area contributed by atoms with Crippen LogP contribution in [0.2, 0.25) is 0 Å². The van der Waals surface area contributed by atoms with Gasteiger partial charge in [-0.3, -0.25) is 0 Å². The maximum absolute atomic E-state index is 7.56. The largest absolute Gasteiger partial charge is 0.325 e. The molecule has 0 bridgehead atoms. The summed E-state index contributed by atoms with van der Waals surface area (Å²) >= 11 is 7.21. The lowest BCUT2D eigenvalue weighted by molar-refractivity contribution is 0.361. The molecule has 11 heavy (non-hydrogen) atoms. The molecular weight excluding hydrogens is 249 g/mol. The molecule has 6 nitrogen and oxygen atoms in total. The van der Waals surface area contributed by atoms with Gasteiger partial charge in [0.1, 0.15) is 0 Å². The first kappa shape index (κ1) is 18.4. The topological polar surface area (TPSA) is 121 Å². The Balaban J connectivity index is -0.000000107. The summed E-state index contributed by atoms with van der Waals surface area (Å²) in [6.07, 6.45) is 0. The smallest absolute Gasteiger partial charge is 0.319 e. The van der Waals surface area contributed by atoms with E-state index in [4.69, 9.17) is 29.4 Å². The van der Waals surface area contributed by atoms with Gasteiger partial charge in [0.05, 0.1) is 0 Å². The zero-order valence-corrected chi connectivity index (χ0v) is 7.82. The van der Waals surface area contributed by atoms with Gasteiger partial charge in [-0.25, -0.2) is 0 Å². The zero-order chi connectivity index (χ0) is 9.00. The Morgan fingerprint density at radius 1 is 0.636 bits per heavy atom. The van der Waals surface area contributed by atoms with Crippen LogP contribution in [0.1, 0.15) is 0 Å². The van der Waals surface area contributed by atoms with Crippen LogP contribution in [0.4, 0.5) is 0 Å². The highest BCUT2D eigenvalue weighted by Crippen LogP contribution is 2.26. The number of hydrogen-bond acceptors (Lipinski definition) is 2. The Labute approximate surface area is 83.8 Å². The third-order valence-corrected chi connectivity index (χ3v) is 0. The fourth-order valence-corrected chi connectivity index (χ4v) is 0. The van der Waals surface area contributed by atoms with E-state index < -0.39 is 13.4 Å². The van der Waals surface area contributed by atoms with E-state index in [1.807, 2.05) is 0 Å². The van der Waals surface area contributed by atoms with Gasteiger partial charge in [0.15, 0.2) is 17.4 Å². The standard InChI is InChI=1S/Al.2H3O3PS.3H/c;2*1-4(2,3)5;;;/h;2*(H3,1,2,3,5);;;. The highest BCUT2D eigenvalue weighted by atomic mass is 32.5. The van der Waals surface area contributed by atoms with Crippen LogP contribution < -0.4 is 0 Å². The molecule has 0 aromatic carbocycles. The molecule has 6 N–H and O–H groups in total. The molecule has 0 rings (SSSR count). The summed E-state index contributed by atoms with van der Waals surface area (Å²) in [6.45, 7) is -7.61. The van der Waals surface area contributed by atoms with E-state index in [0.29, 0.717) is 0 Å². The Morgan fingerprint density at radius 3 is 0.636 bits per heavy atom. The van der Waals surface area contributed by atoms with Crippen molar-refractivity contribution < 1.29 is 29.4 Å². The Kier molecular flexibility index (Phi) is 11.8. The van der Waals surface area contributed by atoms with Crippen molar-refractivity contribution in [1.29, 1.82) is 0 Å². The molecule has 11 heteroatoms. The van der Waals surface area contributed by atoms with Gasteiger partial charge in [-0.2, -0.15) is 0 Å². The van der Waals surface area contributed by atoms with Crippen molar-refractivity contribution in [2.24, 2.45) is 0 Å². The average Bonchev–Trinajstić information content (AvgIpc) is 1.12. The molecule has 0 spiro atoms. The van der Waals surface area contributed by atoms with Crippen LogP contribution in [0.25, 0.3) is 0 Å². The predicted octanol–water partition coefficient (Wildman–Crippen LogP) is -2.81. The molecule has 0 fully saturated rings. The summed E-state index contributed by atoms with van der Waals surface area (Å²) in [7, 11) is 0. The minimum atomic E-state index is -3.81. The number of hydrogen-bond donors (Lipinski definition) is 6. The molecule has 0 amide bonds. The highest BCUT2D eigenvalue weighted by Gasteiger charge is 1.92. The van der Waals surface area contributed by atoms with Crippen LogP contribution in [0.3, 0.4) is 0 Å². The zero-order valence-electron chi connectivity index (χ0n) is 4.39. The molecule has 0 aliphatic rings. The summed E-state index contributed by atoms with van der Waals surface area (Å²) in [5.41, 5.74) is 0. The van der Waals surface area contributed by atoms with Crippen LogP contribution in [0.5, 0.6) is 0 Å². The van der Waals surface area contributed by atoms with Gasteiger partial charge in [-0.15, -0.1) is 0 Å². The van der Waals surface area contributed by atoms with Crippen molar-refractivity contribution in [3.8, 4) is 0 Å². The summed E-state index contributed by atoms with van der Waals surface area (Å²) in [5.74, 6) is 0. The lowest BCUT2D eigenvalue weighted by Gasteiger charge is -1.88. The van der Waals surface area contributed by atoms with Crippen molar-refractivity contribution in [3.05, 3.63) is 0 Å². The van der Waals surface area contributed by atoms with Gasteiger partial charge >= 0.3 is 13.4 Å². The molecule has 0 aromatic rings. The third kappa shape index (κ3) is 421. The van der Waals surface area contributed by atoms with E-state index in [0.717, 1.165) is 0 Å². The van der Waals surface area contributed by atoms with Gasteiger partial charge in [0, 0.05) is 0 Å². The van der Waals surface area contributed by atoms with Crippen molar-refractivity contribution in [1.82, 2.24) is 0 Å². The monoisotopic (exact) mass is 258 g/mol. The second-order valence-corrected chi connectivity index (χ2v) is 6.02. The lowest BCUT2D eigenvalue weighted by Crippen LogP contribution is -1.65. The number of rotatable bonds is 0. The molecule has 0 heterocycles. The van der Waals surface area contributed by atoms with E-state index in [1.54, 1.807) is 0 Å². The van der Waals surface area contributed by atoms with E-state index in [-0.39, 0.29) is 17.4 Å². The highest BCUT2D eigenvalue weighted by molar-refractivity contribution is 8.06. The molecule has 0 atom stereocenters. The van der Waals surface area contributed by atoms with Gasteiger partial charge in [0.2, 0.25) is 0 Å². The SMILES string of the molecule is OP(O)(O)=S.OP(O)(O)=S.[AlH3]. The molecule has 0 saturated heterocycles. The molecule has 0 aliphatic heterocycles. The van der Waals surface area contributed by atoms with Gasteiger partial charge in [-0.1, -0.05) is 0 Å². The molecule has 0 aliphatic carbocycles. The van der Waals surface area contributed by atoms with Crippen LogP contribution in [-0.2, 0) is 23.6 Å². The fourth-order valence-electron chi connectivity index (χ4n) is 0. The Bertz CT molecular complexity index is 131. The van der Waals surface area contributed by atoms with Crippen molar-refractivity contribution in [2.75, 3.05) is 0 Å². The van der Waals surface area contributed by atoms with Gasteiger partial charge < -0.3 is 29.4 Å². The second-order valence-electron chi connectivity index (χ2n) is 1.03. The van der Waals surface area contributed by atoms with Crippen molar-refractivity contribution in [2.45, 2.75) is 0 Å². The minimum absolute atomic E-state index is 0. The average molecular weight is 258 g/mol. The van der Waals surface area contributed by atoms with E-state index >= 15 is 0 Å². The normalized spacial score (nSPS) is 10.7. The molecule has 0 saturated carbocycles. The summed E-state index contributed by atoms with van der Waals surface area (Å²) < 4.78 is 0. The maximum Gasteiger partial charge on any atom is 0.319 e. The van der Waals surface area contributed by atoms with Crippen molar-refractivity contribution >= 4 is 54.4 Å². The quantitative estimate of drug-likeness (QED) is 0.203. The predicted molar refractivity (Wildman–Crippen MR) is 51.8 cm³/mol. The summed E-state index contributed by atoms with van der Waals surface area (Å²) in [5, 5.41) is 0. The maximum atomic E-state index is 7.56. The first-order valence-corrected chi connectivity index (χ1v) is 6.89. The molecule has 0 aromatic heterocycles. The molecule has 70 valence electrons. The van der Waals surface area contributed by atoms with E-state index in [9.17, 15) is 0 Å². The molecular formula is H9AlO6P2S2. The summed E-state index contributed by atoms with van der Waals surface area (Å²) in [4.78, 5) is 45.3. The third-order valence-electron chi connectivity index (χ3n) is 0. The molecule has 0 radical (unpaired) electrons. The fraction of sp³-hybridized carbons (Fsp3) is 0. The molecule has 0 unspecified atom stereocenters. The summed E-state index contributed by atoms with van der Waals surface area (Å²) in [6, 6.07) is 0. The van der Waals surface area contributed by atoms with Crippen LogP contribution in [0.15, 0.2) is 0 Å².